The first kappa shape index (κ1) is 16.9. The summed E-state index contributed by atoms with van der Waals surface area (Å²) in [5.74, 6) is 0. The second-order valence-electron chi connectivity index (χ2n) is 5.09. The highest BCUT2D eigenvalue weighted by molar-refractivity contribution is 7.91. The van der Waals surface area contributed by atoms with Gasteiger partial charge < -0.3 is 10.1 Å². The van der Waals surface area contributed by atoms with Crippen LogP contribution in [0.25, 0.3) is 0 Å². The molecule has 0 spiro atoms. The van der Waals surface area contributed by atoms with E-state index in [9.17, 15) is 8.42 Å². The number of ether oxygens (including phenoxy) is 1. The van der Waals surface area contributed by atoms with Gasteiger partial charge in [0.1, 0.15) is 4.21 Å². The van der Waals surface area contributed by atoms with Gasteiger partial charge in [-0.1, -0.05) is 13.8 Å². The van der Waals surface area contributed by atoms with Crippen LogP contribution in [-0.4, -0.2) is 45.1 Å². The summed E-state index contributed by atoms with van der Waals surface area (Å²) in [5, 5.41) is 3.21. The molecule has 1 fully saturated rings. The van der Waals surface area contributed by atoms with E-state index in [4.69, 9.17) is 4.74 Å². The van der Waals surface area contributed by atoms with E-state index in [1.165, 1.54) is 15.6 Å². The summed E-state index contributed by atoms with van der Waals surface area (Å²) >= 11 is 1.35. The highest BCUT2D eigenvalue weighted by atomic mass is 32.2. The lowest BCUT2D eigenvalue weighted by Gasteiger charge is -2.22. The van der Waals surface area contributed by atoms with E-state index in [0.29, 0.717) is 23.8 Å². The van der Waals surface area contributed by atoms with Crippen molar-refractivity contribution in [1.29, 1.82) is 0 Å². The van der Waals surface area contributed by atoms with Crippen LogP contribution in [0.1, 0.15) is 31.6 Å². The number of thiophene rings is 1. The Balaban J connectivity index is 2.08. The van der Waals surface area contributed by atoms with Gasteiger partial charge in [0.2, 0.25) is 0 Å². The van der Waals surface area contributed by atoms with Gasteiger partial charge in [0.15, 0.2) is 0 Å². The summed E-state index contributed by atoms with van der Waals surface area (Å²) in [5.41, 5.74) is 0. The third-order valence-electron chi connectivity index (χ3n) is 3.56. The second-order valence-corrected chi connectivity index (χ2v) is 8.42. The molecule has 1 N–H and O–H groups in total. The van der Waals surface area contributed by atoms with E-state index in [1.807, 2.05) is 19.9 Å². The monoisotopic (exact) mass is 332 g/mol. The van der Waals surface area contributed by atoms with Crippen LogP contribution in [0.2, 0.25) is 0 Å². The molecule has 0 radical (unpaired) electrons. The molecule has 1 atom stereocenters. The first-order valence-corrected chi connectivity index (χ1v) is 9.74. The van der Waals surface area contributed by atoms with Gasteiger partial charge in [0, 0.05) is 31.1 Å². The van der Waals surface area contributed by atoms with Gasteiger partial charge in [-0.25, -0.2) is 8.42 Å². The summed E-state index contributed by atoms with van der Waals surface area (Å²) in [7, 11) is -3.40. The Morgan fingerprint density at radius 3 is 2.86 bits per heavy atom. The molecule has 0 amide bonds. The second kappa shape index (κ2) is 7.69. The Hall–Kier alpha value is -0.470. The predicted octanol–water partition coefficient (Wildman–Crippen LogP) is 2.05. The van der Waals surface area contributed by atoms with Gasteiger partial charge in [0.05, 0.1) is 6.10 Å². The summed E-state index contributed by atoms with van der Waals surface area (Å²) in [6.45, 7) is 7.18. The minimum absolute atomic E-state index is 0.0425. The Labute approximate surface area is 131 Å². The Morgan fingerprint density at radius 2 is 2.24 bits per heavy atom. The summed E-state index contributed by atoms with van der Waals surface area (Å²) in [4.78, 5) is 1.04. The SMILES string of the molecule is CCNCc1ccc(S(=O)(=O)N(CC)CC2CCCO2)s1. The number of hydrogen-bond donors (Lipinski definition) is 1. The maximum absolute atomic E-state index is 12.7. The van der Waals surface area contributed by atoms with Crippen molar-refractivity contribution < 1.29 is 13.2 Å². The summed E-state index contributed by atoms with van der Waals surface area (Å²) in [6.07, 6.45) is 2.01. The standard InChI is InChI=1S/C14H24N2O3S2/c1-3-15-10-13-7-8-14(20-13)21(17,18)16(4-2)11-12-6-5-9-19-12/h7-8,12,15H,3-6,9-11H2,1-2H3. The van der Waals surface area contributed by atoms with Crippen molar-refractivity contribution in [2.75, 3.05) is 26.2 Å². The molecule has 0 bridgehead atoms. The van der Waals surface area contributed by atoms with Gasteiger partial charge in [-0.2, -0.15) is 4.31 Å². The van der Waals surface area contributed by atoms with E-state index in [0.717, 1.165) is 30.9 Å². The molecule has 1 saturated heterocycles. The highest BCUT2D eigenvalue weighted by Crippen LogP contribution is 2.26. The molecule has 1 aromatic heterocycles. The quantitative estimate of drug-likeness (QED) is 0.791. The third-order valence-corrected chi connectivity index (χ3v) is 7.06. The maximum atomic E-state index is 12.7. The topological polar surface area (TPSA) is 58.6 Å². The molecule has 0 aromatic carbocycles. The molecular weight excluding hydrogens is 308 g/mol. The van der Waals surface area contributed by atoms with E-state index < -0.39 is 10.0 Å². The lowest BCUT2D eigenvalue weighted by atomic mass is 10.2. The molecule has 1 aliphatic rings. The molecule has 0 saturated carbocycles. The van der Waals surface area contributed by atoms with E-state index in [-0.39, 0.29) is 6.10 Å². The lowest BCUT2D eigenvalue weighted by molar-refractivity contribution is 0.0947. The number of hydrogen-bond acceptors (Lipinski definition) is 5. The maximum Gasteiger partial charge on any atom is 0.252 e. The van der Waals surface area contributed by atoms with Crippen LogP contribution < -0.4 is 5.32 Å². The van der Waals surface area contributed by atoms with Crippen molar-refractivity contribution in [2.45, 2.75) is 43.5 Å². The van der Waals surface area contributed by atoms with Gasteiger partial charge in [-0.15, -0.1) is 11.3 Å². The zero-order valence-corrected chi connectivity index (χ0v) is 14.3. The fourth-order valence-electron chi connectivity index (χ4n) is 2.38. The number of nitrogens with zero attached hydrogens (tertiary/aromatic N) is 1. The zero-order valence-electron chi connectivity index (χ0n) is 12.7. The lowest BCUT2D eigenvalue weighted by Crippen LogP contribution is -2.36. The molecular formula is C14H24N2O3S2. The van der Waals surface area contributed by atoms with Crippen LogP contribution in [-0.2, 0) is 21.3 Å². The zero-order chi connectivity index (χ0) is 15.3. The minimum atomic E-state index is -3.40. The van der Waals surface area contributed by atoms with Crippen molar-refractivity contribution in [2.24, 2.45) is 0 Å². The Morgan fingerprint density at radius 1 is 1.43 bits per heavy atom. The van der Waals surface area contributed by atoms with Crippen LogP contribution in [0, 0.1) is 0 Å². The van der Waals surface area contributed by atoms with Crippen molar-refractivity contribution in [3.8, 4) is 0 Å². The van der Waals surface area contributed by atoms with Crippen LogP contribution in [0.15, 0.2) is 16.3 Å². The molecule has 7 heteroatoms. The Bertz CT molecular complexity index is 536. The number of sulfonamides is 1. The molecule has 2 heterocycles. The van der Waals surface area contributed by atoms with Gasteiger partial charge in [0.25, 0.3) is 10.0 Å². The number of likely N-dealkylation sites (N-methyl/N-ethyl adjacent to an activating group) is 1. The van der Waals surface area contributed by atoms with E-state index >= 15 is 0 Å². The molecule has 5 nitrogen and oxygen atoms in total. The van der Waals surface area contributed by atoms with Crippen molar-refractivity contribution in [3.63, 3.8) is 0 Å². The van der Waals surface area contributed by atoms with Crippen LogP contribution in [0.4, 0.5) is 0 Å². The summed E-state index contributed by atoms with van der Waals surface area (Å²) in [6, 6.07) is 3.60. The number of rotatable bonds is 8. The first-order chi connectivity index (χ1) is 10.1. The average molecular weight is 332 g/mol. The third kappa shape index (κ3) is 4.26. The average Bonchev–Trinajstić information content (AvgIpc) is 3.13. The van der Waals surface area contributed by atoms with Crippen molar-refractivity contribution >= 4 is 21.4 Å². The smallest absolute Gasteiger partial charge is 0.252 e. The molecule has 120 valence electrons. The van der Waals surface area contributed by atoms with Crippen LogP contribution in [0.5, 0.6) is 0 Å². The Kier molecular flexibility index (Phi) is 6.19. The highest BCUT2D eigenvalue weighted by Gasteiger charge is 2.28. The minimum Gasteiger partial charge on any atom is -0.377 e. The van der Waals surface area contributed by atoms with Gasteiger partial charge in [-0.3, -0.25) is 0 Å². The predicted molar refractivity (Wildman–Crippen MR) is 85.1 cm³/mol. The molecule has 21 heavy (non-hydrogen) atoms. The molecule has 1 aliphatic heterocycles. The van der Waals surface area contributed by atoms with Crippen LogP contribution in [0.3, 0.4) is 0 Å². The van der Waals surface area contributed by atoms with Gasteiger partial charge >= 0.3 is 0 Å². The van der Waals surface area contributed by atoms with Crippen LogP contribution >= 0.6 is 11.3 Å². The van der Waals surface area contributed by atoms with Crippen molar-refractivity contribution in [1.82, 2.24) is 9.62 Å². The molecule has 2 rings (SSSR count). The molecule has 1 unspecified atom stereocenters. The fraction of sp³-hybridized carbons (Fsp3) is 0.714. The number of nitrogens with one attached hydrogen (secondary N) is 1. The first-order valence-electron chi connectivity index (χ1n) is 7.49. The normalized spacial score (nSPS) is 19.5. The van der Waals surface area contributed by atoms with E-state index in [2.05, 4.69) is 5.32 Å². The summed E-state index contributed by atoms with van der Waals surface area (Å²) < 4.78 is 32.9. The molecule has 1 aromatic rings. The molecule has 0 aliphatic carbocycles. The fourth-order valence-corrected chi connectivity index (χ4v) is 5.34. The largest absolute Gasteiger partial charge is 0.377 e. The van der Waals surface area contributed by atoms with Gasteiger partial charge in [-0.05, 0) is 31.5 Å². The van der Waals surface area contributed by atoms with Crippen molar-refractivity contribution in [3.05, 3.63) is 17.0 Å². The van der Waals surface area contributed by atoms with E-state index in [1.54, 1.807) is 6.07 Å².